The van der Waals surface area contributed by atoms with Gasteiger partial charge in [-0.3, -0.25) is 4.79 Å². The highest BCUT2D eigenvalue weighted by Gasteiger charge is 2.26. The van der Waals surface area contributed by atoms with Crippen molar-refractivity contribution in [3.8, 4) is 23.6 Å². The van der Waals surface area contributed by atoms with Gasteiger partial charge in [0.15, 0.2) is 5.65 Å². The minimum Gasteiger partial charge on any atom is -0.336 e. The molecule has 0 unspecified atom stereocenters. The van der Waals surface area contributed by atoms with Crippen molar-refractivity contribution < 1.29 is 13.6 Å². The third-order valence-corrected chi connectivity index (χ3v) is 4.45. The highest BCUT2D eigenvalue weighted by atomic mass is 19.3. The lowest BCUT2D eigenvalue weighted by Crippen LogP contribution is -2.44. The Morgan fingerprint density at radius 2 is 2.07 bits per heavy atom. The first-order valence-electron chi connectivity index (χ1n) is 8.41. The quantitative estimate of drug-likeness (QED) is 0.696. The van der Waals surface area contributed by atoms with Gasteiger partial charge in [-0.25, -0.2) is 18.3 Å². The Balaban J connectivity index is 2.15. The Morgan fingerprint density at radius 3 is 2.67 bits per heavy atom. The average molecular weight is 368 g/mol. The standard InChI is InChI=1S/C20H18F2N4O/c1-4-20(3,5-2)25-19(27)14-12-23-26-16(17(21)22)11-15(24-18(14)26)13-9-7-6-8-10-13/h1,6-12,17H,5H2,2-3H3,(H,25,27)/t20-/m1/s1. The zero-order valence-electron chi connectivity index (χ0n) is 14.9. The Morgan fingerprint density at radius 1 is 1.37 bits per heavy atom. The molecule has 5 nitrogen and oxygen atoms in total. The summed E-state index contributed by atoms with van der Waals surface area (Å²) in [6.07, 6.45) is 4.46. The Labute approximate surface area is 155 Å². The summed E-state index contributed by atoms with van der Waals surface area (Å²) in [6, 6.07) is 10.2. The van der Waals surface area contributed by atoms with Crippen molar-refractivity contribution in [3.05, 3.63) is 53.9 Å². The summed E-state index contributed by atoms with van der Waals surface area (Å²) in [7, 11) is 0. The lowest BCUT2D eigenvalue weighted by molar-refractivity contribution is 0.0925. The number of hydrogen-bond acceptors (Lipinski definition) is 3. The summed E-state index contributed by atoms with van der Waals surface area (Å²) in [6.45, 7) is 3.56. The Hall–Kier alpha value is -3.27. The van der Waals surface area contributed by atoms with E-state index in [0.717, 1.165) is 4.52 Å². The molecule has 3 aromatic rings. The molecule has 0 radical (unpaired) electrons. The summed E-state index contributed by atoms with van der Waals surface area (Å²) < 4.78 is 28.1. The zero-order valence-corrected chi connectivity index (χ0v) is 14.9. The van der Waals surface area contributed by atoms with E-state index in [2.05, 4.69) is 21.3 Å². The van der Waals surface area contributed by atoms with Gasteiger partial charge in [0.25, 0.3) is 12.3 Å². The van der Waals surface area contributed by atoms with E-state index in [1.54, 1.807) is 31.2 Å². The van der Waals surface area contributed by atoms with Crippen LogP contribution in [0.15, 0.2) is 42.6 Å². The zero-order chi connectivity index (χ0) is 19.6. The molecule has 27 heavy (non-hydrogen) atoms. The molecule has 0 saturated heterocycles. The molecule has 2 aromatic heterocycles. The van der Waals surface area contributed by atoms with Crippen molar-refractivity contribution in [2.75, 3.05) is 0 Å². The number of halogens is 2. The number of terminal acetylenes is 1. The first-order chi connectivity index (χ1) is 12.9. The van der Waals surface area contributed by atoms with E-state index in [-0.39, 0.29) is 16.9 Å². The van der Waals surface area contributed by atoms with Crippen LogP contribution in [0.5, 0.6) is 0 Å². The molecule has 1 atom stereocenters. The van der Waals surface area contributed by atoms with Gasteiger partial charge < -0.3 is 5.32 Å². The molecule has 1 N–H and O–H groups in total. The van der Waals surface area contributed by atoms with E-state index in [4.69, 9.17) is 6.42 Å². The molecule has 138 valence electrons. The fourth-order valence-corrected chi connectivity index (χ4v) is 2.60. The second-order valence-corrected chi connectivity index (χ2v) is 6.31. The van der Waals surface area contributed by atoms with Crippen molar-refractivity contribution >= 4 is 11.6 Å². The number of rotatable bonds is 5. The number of amides is 1. The highest BCUT2D eigenvalue weighted by Crippen LogP contribution is 2.26. The molecule has 2 heterocycles. The van der Waals surface area contributed by atoms with Crippen LogP contribution in [0.4, 0.5) is 8.78 Å². The Kier molecular flexibility index (Phi) is 4.91. The lowest BCUT2D eigenvalue weighted by atomic mass is 10.00. The van der Waals surface area contributed by atoms with E-state index >= 15 is 0 Å². The summed E-state index contributed by atoms with van der Waals surface area (Å²) in [5.41, 5.74) is -0.0505. The molecule has 0 saturated carbocycles. The fourth-order valence-electron chi connectivity index (χ4n) is 2.60. The van der Waals surface area contributed by atoms with E-state index in [0.29, 0.717) is 17.7 Å². The van der Waals surface area contributed by atoms with Gasteiger partial charge in [-0.05, 0) is 19.4 Å². The number of alkyl halides is 2. The minimum atomic E-state index is -2.78. The Bertz CT molecular complexity index is 1020. The van der Waals surface area contributed by atoms with Crippen molar-refractivity contribution in [1.82, 2.24) is 19.9 Å². The van der Waals surface area contributed by atoms with Crippen molar-refractivity contribution in [1.29, 1.82) is 0 Å². The number of benzene rings is 1. The maximum absolute atomic E-state index is 13.6. The number of fused-ring (bicyclic) bond motifs is 1. The van der Waals surface area contributed by atoms with E-state index in [1.165, 1.54) is 12.3 Å². The summed E-state index contributed by atoms with van der Waals surface area (Å²) in [5.74, 6) is 2.03. The molecule has 3 rings (SSSR count). The topological polar surface area (TPSA) is 59.3 Å². The second-order valence-electron chi connectivity index (χ2n) is 6.31. The third kappa shape index (κ3) is 3.51. The molecule has 0 bridgehead atoms. The summed E-state index contributed by atoms with van der Waals surface area (Å²) in [5, 5.41) is 6.68. The fraction of sp³-hybridized carbons (Fsp3) is 0.250. The van der Waals surface area contributed by atoms with Gasteiger partial charge >= 0.3 is 0 Å². The van der Waals surface area contributed by atoms with Gasteiger partial charge in [0.1, 0.15) is 11.3 Å². The maximum atomic E-state index is 13.6. The number of carbonyl (C=O) groups excluding carboxylic acids is 1. The molecule has 1 amide bonds. The van der Waals surface area contributed by atoms with Gasteiger partial charge in [0, 0.05) is 5.56 Å². The number of nitrogens with zero attached hydrogens (tertiary/aromatic N) is 3. The number of nitrogens with one attached hydrogen (secondary N) is 1. The van der Waals surface area contributed by atoms with Crippen molar-refractivity contribution in [2.45, 2.75) is 32.2 Å². The molecular formula is C20H18F2N4O. The van der Waals surface area contributed by atoms with Crippen LogP contribution < -0.4 is 5.32 Å². The molecule has 0 spiro atoms. The van der Waals surface area contributed by atoms with Gasteiger partial charge in [0.2, 0.25) is 0 Å². The molecule has 0 aliphatic heterocycles. The summed E-state index contributed by atoms with van der Waals surface area (Å²) in [4.78, 5) is 17.1. The first-order valence-corrected chi connectivity index (χ1v) is 8.41. The smallest absolute Gasteiger partial charge is 0.280 e. The van der Waals surface area contributed by atoms with Crippen molar-refractivity contribution in [2.24, 2.45) is 0 Å². The molecule has 7 heteroatoms. The second kappa shape index (κ2) is 7.16. The van der Waals surface area contributed by atoms with Gasteiger partial charge in [-0.15, -0.1) is 6.42 Å². The predicted octanol–water partition coefficient (Wildman–Crippen LogP) is 3.87. The van der Waals surface area contributed by atoms with Crippen LogP contribution >= 0.6 is 0 Å². The van der Waals surface area contributed by atoms with Gasteiger partial charge in [-0.2, -0.15) is 5.10 Å². The highest BCUT2D eigenvalue weighted by molar-refractivity contribution is 6.00. The minimum absolute atomic E-state index is 0.0552. The van der Waals surface area contributed by atoms with Crippen LogP contribution in [-0.4, -0.2) is 26.0 Å². The monoisotopic (exact) mass is 368 g/mol. The predicted molar refractivity (Wildman–Crippen MR) is 98.4 cm³/mol. The van der Waals surface area contributed by atoms with Gasteiger partial charge in [-0.1, -0.05) is 43.2 Å². The van der Waals surface area contributed by atoms with Gasteiger partial charge in [0.05, 0.1) is 17.4 Å². The molecule has 0 aliphatic carbocycles. The average Bonchev–Trinajstić information content (AvgIpc) is 3.11. The summed E-state index contributed by atoms with van der Waals surface area (Å²) >= 11 is 0. The number of carbonyl (C=O) groups is 1. The van der Waals surface area contributed by atoms with Crippen LogP contribution in [0.1, 0.15) is 42.7 Å². The van der Waals surface area contributed by atoms with Crippen molar-refractivity contribution in [3.63, 3.8) is 0 Å². The molecule has 1 aromatic carbocycles. The normalized spacial score (nSPS) is 13.3. The molecular weight excluding hydrogens is 350 g/mol. The van der Waals surface area contributed by atoms with E-state index in [9.17, 15) is 13.6 Å². The molecule has 0 aliphatic rings. The largest absolute Gasteiger partial charge is 0.336 e. The third-order valence-electron chi connectivity index (χ3n) is 4.45. The van der Waals surface area contributed by atoms with Crippen LogP contribution in [0.2, 0.25) is 0 Å². The van der Waals surface area contributed by atoms with E-state index < -0.39 is 17.9 Å². The lowest BCUT2D eigenvalue weighted by Gasteiger charge is -2.22. The maximum Gasteiger partial charge on any atom is 0.280 e. The molecule has 0 fully saturated rings. The number of hydrogen-bond donors (Lipinski definition) is 1. The van der Waals surface area contributed by atoms with E-state index in [1.807, 2.05) is 13.0 Å². The van der Waals surface area contributed by atoms with Crippen LogP contribution in [0.25, 0.3) is 16.9 Å². The van der Waals surface area contributed by atoms with Crippen LogP contribution in [0, 0.1) is 12.3 Å². The SMILES string of the molecule is C#C[C@](C)(CC)NC(=O)c1cnn2c(C(F)F)cc(-c3ccccc3)nc12. The van der Waals surface area contributed by atoms with Crippen LogP contribution in [-0.2, 0) is 0 Å². The van der Waals surface area contributed by atoms with Crippen LogP contribution in [0.3, 0.4) is 0 Å². The first kappa shape index (κ1) is 18.5. The number of aromatic nitrogens is 3.